The number of benzene rings is 1. The van der Waals surface area contributed by atoms with Crippen molar-refractivity contribution in [1.29, 1.82) is 5.26 Å². The molecule has 4 saturated carbocycles. The van der Waals surface area contributed by atoms with Crippen LogP contribution in [0, 0.1) is 46.3 Å². The zero-order valence-corrected chi connectivity index (χ0v) is 18.7. The first-order chi connectivity index (χ1) is 14.4. The third kappa shape index (κ3) is 3.46. The van der Waals surface area contributed by atoms with Crippen molar-refractivity contribution in [3.05, 3.63) is 29.8 Å². The minimum absolute atomic E-state index is 0.375. The van der Waals surface area contributed by atoms with Gasteiger partial charge in [0.1, 0.15) is 0 Å². The molecule has 0 aliphatic heterocycles. The number of nitrogens with one attached hydrogen (secondary N) is 1. The molecule has 1 aromatic rings. The number of rotatable bonds is 2. The van der Waals surface area contributed by atoms with Crippen LogP contribution in [-0.2, 0) is 0 Å². The summed E-state index contributed by atoms with van der Waals surface area (Å²) >= 11 is 0. The molecule has 0 radical (unpaired) electrons. The maximum Gasteiger partial charge on any atom is 0.0991 e. The second-order valence-electron chi connectivity index (χ2n) is 11.5. The Morgan fingerprint density at radius 3 is 2.47 bits per heavy atom. The van der Waals surface area contributed by atoms with Gasteiger partial charge in [-0.15, -0.1) is 0 Å². The second-order valence-corrected chi connectivity index (χ2v) is 11.5. The smallest absolute Gasteiger partial charge is 0.0991 e. The summed E-state index contributed by atoms with van der Waals surface area (Å²) in [6.07, 6.45) is 12.7. The minimum atomic E-state index is -0.419. The van der Waals surface area contributed by atoms with Crippen molar-refractivity contribution in [2.24, 2.45) is 35.0 Å². The van der Waals surface area contributed by atoms with Crippen molar-refractivity contribution in [2.45, 2.75) is 89.7 Å². The lowest BCUT2D eigenvalue weighted by Crippen LogP contribution is -2.56. The molecule has 8 atom stereocenters. The molecule has 4 aliphatic rings. The van der Waals surface area contributed by atoms with Gasteiger partial charge in [0.05, 0.1) is 17.2 Å². The van der Waals surface area contributed by atoms with Crippen molar-refractivity contribution in [3.63, 3.8) is 0 Å². The van der Waals surface area contributed by atoms with Crippen LogP contribution < -0.4 is 5.32 Å². The van der Waals surface area contributed by atoms with Crippen molar-refractivity contribution in [1.82, 2.24) is 0 Å². The van der Waals surface area contributed by atoms with Crippen LogP contribution >= 0.6 is 0 Å². The van der Waals surface area contributed by atoms with Gasteiger partial charge in [0.25, 0.3) is 0 Å². The molecule has 0 bridgehead atoms. The Morgan fingerprint density at radius 1 is 0.933 bits per heavy atom. The van der Waals surface area contributed by atoms with E-state index in [0.29, 0.717) is 11.5 Å². The molecule has 0 saturated heterocycles. The normalized spacial score (nSPS) is 45.4. The highest BCUT2D eigenvalue weighted by Crippen LogP contribution is 2.62. The van der Waals surface area contributed by atoms with Gasteiger partial charge < -0.3 is 10.4 Å². The SMILES string of the molecule is C[C@@]1(O)CC[C@H]2[C@H](CC[C@@H]3[C@@H]2CC[C@]2(C)[C@@H](Nc4ccc(C#N)cc4)CCC[C@@H]32)C1. The van der Waals surface area contributed by atoms with Crippen LogP contribution in [-0.4, -0.2) is 16.7 Å². The Morgan fingerprint density at radius 2 is 1.70 bits per heavy atom. The summed E-state index contributed by atoms with van der Waals surface area (Å²) in [5.74, 6) is 4.24. The number of aliphatic hydroxyl groups is 1. The van der Waals surface area contributed by atoms with Crippen LogP contribution in [0.5, 0.6) is 0 Å². The number of nitriles is 1. The van der Waals surface area contributed by atoms with Crippen molar-refractivity contribution in [3.8, 4) is 6.07 Å². The molecule has 30 heavy (non-hydrogen) atoms. The van der Waals surface area contributed by atoms with Crippen LogP contribution in [0.25, 0.3) is 0 Å². The Balaban J connectivity index is 1.33. The lowest BCUT2D eigenvalue weighted by atomic mass is 9.46. The number of anilines is 1. The van der Waals surface area contributed by atoms with E-state index in [4.69, 9.17) is 5.26 Å². The first-order valence-electron chi connectivity index (χ1n) is 12.4. The maximum atomic E-state index is 10.6. The van der Waals surface area contributed by atoms with Crippen molar-refractivity contribution in [2.75, 3.05) is 5.32 Å². The van der Waals surface area contributed by atoms with E-state index in [1.807, 2.05) is 12.1 Å². The second kappa shape index (κ2) is 7.56. The molecule has 5 rings (SSSR count). The van der Waals surface area contributed by atoms with Gasteiger partial charge in [-0.2, -0.15) is 5.26 Å². The Hall–Kier alpha value is -1.53. The molecular weight excluding hydrogens is 368 g/mol. The van der Waals surface area contributed by atoms with Crippen molar-refractivity contribution >= 4 is 5.69 Å². The summed E-state index contributed by atoms with van der Waals surface area (Å²) in [5, 5.41) is 23.6. The molecule has 0 heterocycles. The van der Waals surface area contributed by atoms with Gasteiger partial charge in [-0.05, 0) is 124 Å². The van der Waals surface area contributed by atoms with Gasteiger partial charge in [0, 0.05) is 11.7 Å². The van der Waals surface area contributed by atoms with E-state index in [2.05, 4.69) is 37.4 Å². The zero-order chi connectivity index (χ0) is 20.9. The molecule has 4 fully saturated rings. The summed E-state index contributed by atoms with van der Waals surface area (Å²) in [4.78, 5) is 0. The molecular formula is C27H38N2O. The van der Waals surface area contributed by atoms with E-state index in [1.165, 1.54) is 57.1 Å². The number of hydrogen-bond donors (Lipinski definition) is 2. The molecule has 0 unspecified atom stereocenters. The van der Waals surface area contributed by atoms with Gasteiger partial charge >= 0.3 is 0 Å². The minimum Gasteiger partial charge on any atom is -0.390 e. The summed E-state index contributed by atoms with van der Waals surface area (Å²) in [6.45, 7) is 4.64. The highest BCUT2D eigenvalue weighted by Gasteiger charge is 2.56. The van der Waals surface area contributed by atoms with Crippen LogP contribution in [0.2, 0.25) is 0 Å². The standard InChI is InChI=1S/C27H38N2O/c1-26(30)14-12-21-19(16-26)8-11-23-22(21)13-15-27(2)24(23)4-3-5-25(27)29-20-9-6-18(17-28)7-10-20/h6-7,9-10,19,21-25,29-30H,3-5,8,11-16H2,1-2H3/t19-,21+,22-,23-,24+,25+,26-,27+/m1/s1. The van der Waals surface area contributed by atoms with Crippen LogP contribution in [0.4, 0.5) is 5.69 Å². The Labute approximate surface area is 182 Å². The molecule has 1 aromatic carbocycles. The molecule has 4 aliphatic carbocycles. The average Bonchev–Trinajstić information content (AvgIpc) is 2.73. The summed E-state index contributed by atoms with van der Waals surface area (Å²) < 4.78 is 0. The number of hydrogen-bond acceptors (Lipinski definition) is 3. The fraction of sp³-hybridized carbons (Fsp3) is 0.741. The molecule has 3 heteroatoms. The van der Waals surface area contributed by atoms with E-state index in [9.17, 15) is 5.11 Å². The zero-order valence-electron chi connectivity index (χ0n) is 18.7. The first kappa shape index (κ1) is 20.4. The average molecular weight is 407 g/mol. The van der Waals surface area contributed by atoms with E-state index >= 15 is 0 Å². The first-order valence-corrected chi connectivity index (χ1v) is 12.4. The molecule has 0 spiro atoms. The van der Waals surface area contributed by atoms with Crippen LogP contribution in [0.15, 0.2) is 24.3 Å². The fourth-order valence-corrected chi connectivity index (χ4v) is 8.36. The van der Waals surface area contributed by atoms with E-state index < -0.39 is 5.60 Å². The van der Waals surface area contributed by atoms with E-state index in [-0.39, 0.29) is 0 Å². The van der Waals surface area contributed by atoms with E-state index in [0.717, 1.165) is 48.0 Å². The van der Waals surface area contributed by atoms with Crippen molar-refractivity contribution < 1.29 is 5.11 Å². The Bertz CT molecular complexity index is 809. The predicted molar refractivity (Wildman–Crippen MR) is 121 cm³/mol. The number of fused-ring (bicyclic) bond motifs is 5. The van der Waals surface area contributed by atoms with Crippen LogP contribution in [0.3, 0.4) is 0 Å². The quantitative estimate of drug-likeness (QED) is 0.621. The van der Waals surface area contributed by atoms with Gasteiger partial charge in [-0.3, -0.25) is 0 Å². The highest BCUT2D eigenvalue weighted by atomic mass is 16.3. The van der Waals surface area contributed by atoms with E-state index in [1.54, 1.807) is 0 Å². The summed E-state index contributed by atoms with van der Waals surface area (Å²) in [6, 6.07) is 10.8. The summed E-state index contributed by atoms with van der Waals surface area (Å²) in [7, 11) is 0. The van der Waals surface area contributed by atoms with Crippen LogP contribution in [0.1, 0.15) is 83.6 Å². The molecule has 2 N–H and O–H groups in total. The van der Waals surface area contributed by atoms with Gasteiger partial charge in [0.2, 0.25) is 0 Å². The summed E-state index contributed by atoms with van der Waals surface area (Å²) in [5.41, 5.74) is 1.86. The molecule has 0 aromatic heterocycles. The molecule has 0 amide bonds. The largest absolute Gasteiger partial charge is 0.390 e. The maximum absolute atomic E-state index is 10.6. The fourth-order valence-electron chi connectivity index (χ4n) is 8.36. The van der Waals surface area contributed by atoms with Gasteiger partial charge in [-0.1, -0.05) is 13.3 Å². The lowest BCUT2D eigenvalue weighted by Gasteiger charge is -2.61. The monoisotopic (exact) mass is 406 g/mol. The lowest BCUT2D eigenvalue weighted by molar-refractivity contribution is -0.113. The topological polar surface area (TPSA) is 56.0 Å². The highest BCUT2D eigenvalue weighted by molar-refractivity contribution is 5.48. The Kier molecular flexibility index (Phi) is 5.13. The predicted octanol–water partition coefficient (Wildman–Crippen LogP) is 6.13. The third-order valence-electron chi connectivity index (χ3n) is 9.83. The van der Waals surface area contributed by atoms with Gasteiger partial charge in [-0.25, -0.2) is 0 Å². The molecule has 162 valence electrons. The molecule has 3 nitrogen and oxygen atoms in total. The number of nitrogens with zero attached hydrogens (tertiary/aromatic N) is 1. The van der Waals surface area contributed by atoms with Gasteiger partial charge in [0.15, 0.2) is 0 Å². The third-order valence-corrected chi connectivity index (χ3v) is 9.83.